The zero-order chi connectivity index (χ0) is 38.8. The van der Waals surface area contributed by atoms with Crippen LogP contribution in [0, 0.1) is 10.8 Å². The number of rotatable bonds is 13. The Bertz CT molecular complexity index is 2790. The van der Waals surface area contributed by atoms with Crippen LogP contribution in [0.25, 0.3) is 33.8 Å². The average molecular weight is 780 g/mol. The van der Waals surface area contributed by atoms with Crippen LogP contribution in [0.5, 0.6) is 5.75 Å². The van der Waals surface area contributed by atoms with Crippen molar-refractivity contribution in [2.24, 2.45) is 10.8 Å². The SMILES string of the molecule is O=C(Nc1nc2cccc(-c3ccc(OCc4ccccc4)cc3)n2n1)C1(C2(C(=O)Nc3nc4cccc(-c5ccc(S(=O)(=O)NC6CC6)cc5)n4n3)CC2)CC1. The van der Waals surface area contributed by atoms with Crippen LogP contribution in [0.1, 0.15) is 44.1 Å². The molecule has 2 amide bonds. The van der Waals surface area contributed by atoms with Gasteiger partial charge in [0.25, 0.3) is 0 Å². The zero-order valence-corrected chi connectivity index (χ0v) is 31.4. The minimum absolute atomic E-state index is 0.0105. The van der Waals surface area contributed by atoms with Gasteiger partial charge in [-0.1, -0.05) is 54.6 Å². The molecule has 3 aliphatic rings. The van der Waals surface area contributed by atoms with E-state index in [-0.39, 0.29) is 34.6 Å². The maximum atomic E-state index is 14.0. The molecule has 4 aromatic heterocycles. The van der Waals surface area contributed by atoms with E-state index < -0.39 is 20.9 Å². The molecule has 15 heteroatoms. The first-order chi connectivity index (χ1) is 27.7. The Balaban J connectivity index is 0.830. The highest BCUT2D eigenvalue weighted by Gasteiger charge is 2.73. The summed E-state index contributed by atoms with van der Waals surface area (Å²) in [6.07, 6.45) is 3.95. The minimum atomic E-state index is -3.59. The van der Waals surface area contributed by atoms with Crippen LogP contribution in [0.2, 0.25) is 0 Å². The molecule has 7 aromatic rings. The molecule has 0 saturated heterocycles. The van der Waals surface area contributed by atoms with Crippen molar-refractivity contribution in [1.29, 1.82) is 0 Å². The molecule has 0 unspecified atom stereocenters. The van der Waals surface area contributed by atoms with Gasteiger partial charge in [0, 0.05) is 17.2 Å². The average Bonchev–Trinajstić information content (AvgIpc) is 4.16. The fourth-order valence-electron chi connectivity index (χ4n) is 7.65. The molecule has 0 spiro atoms. The number of nitrogens with one attached hydrogen (secondary N) is 3. The number of ether oxygens (including phenoxy) is 1. The lowest BCUT2D eigenvalue weighted by molar-refractivity contribution is -0.132. The van der Waals surface area contributed by atoms with Gasteiger partial charge in [-0.05, 0) is 105 Å². The Morgan fingerprint density at radius 1 is 0.649 bits per heavy atom. The lowest BCUT2D eigenvalue weighted by Gasteiger charge is -2.23. The first-order valence-electron chi connectivity index (χ1n) is 18.9. The number of carbonyl (C=O) groups excluding carboxylic acids is 2. The van der Waals surface area contributed by atoms with Crippen LogP contribution >= 0.6 is 0 Å². The Morgan fingerprint density at radius 3 is 1.65 bits per heavy atom. The summed E-state index contributed by atoms with van der Waals surface area (Å²) in [5.74, 6) is 0.447. The molecule has 0 bridgehead atoms. The van der Waals surface area contributed by atoms with E-state index in [1.165, 1.54) is 0 Å². The van der Waals surface area contributed by atoms with Gasteiger partial charge >= 0.3 is 0 Å². The lowest BCUT2D eigenvalue weighted by atomic mass is 9.83. The van der Waals surface area contributed by atoms with Gasteiger partial charge in [0.15, 0.2) is 11.3 Å². The van der Waals surface area contributed by atoms with Gasteiger partial charge in [-0.2, -0.15) is 9.97 Å². The Labute approximate surface area is 327 Å². The smallest absolute Gasteiger partial charge is 0.249 e. The molecule has 57 heavy (non-hydrogen) atoms. The number of anilines is 2. The summed E-state index contributed by atoms with van der Waals surface area (Å²) in [6, 6.07) is 35.4. The Morgan fingerprint density at radius 2 is 1.16 bits per heavy atom. The fourth-order valence-corrected chi connectivity index (χ4v) is 8.95. The maximum Gasteiger partial charge on any atom is 0.249 e. The van der Waals surface area contributed by atoms with E-state index in [1.54, 1.807) is 39.4 Å². The first kappa shape index (κ1) is 35.0. The summed E-state index contributed by atoms with van der Waals surface area (Å²) in [5, 5.41) is 15.1. The predicted octanol–water partition coefficient (Wildman–Crippen LogP) is 6.26. The van der Waals surface area contributed by atoms with Gasteiger partial charge in [0.05, 0.1) is 27.1 Å². The lowest BCUT2D eigenvalue weighted by Crippen LogP contribution is -2.40. The van der Waals surface area contributed by atoms with E-state index in [2.05, 4.69) is 35.5 Å². The number of carbonyl (C=O) groups is 2. The van der Waals surface area contributed by atoms with E-state index in [0.29, 0.717) is 49.3 Å². The number of hydrogen-bond donors (Lipinski definition) is 3. The van der Waals surface area contributed by atoms with Gasteiger partial charge in [-0.15, -0.1) is 10.2 Å². The number of sulfonamides is 1. The van der Waals surface area contributed by atoms with Gasteiger partial charge < -0.3 is 4.74 Å². The number of nitrogens with zero attached hydrogens (tertiary/aromatic N) is 6. The number of pyridine rings is 2. The third-order valence-electron chi connectivity index (χ3n) is 11.2. The van der Waals surface area contributed by atoms with Gasteiger partial charge in [0.2, 0.25) is 33.7 Å². The Hall–Kier alpha value is -6.45. The summed E-state index contributed by atoms with van der Waals surface area (Å²) >= 11 is 0. The number of benzene rings is 3. The van der Waals surface area contributed by atoms with Crippen molar-refractivity contribution >= 4 is 45.0 Å². The molecule has 286 valence electrons. The second-order valence-corrected chi connectivity index (χ2v) is 16.7. The van der Waals surface area contributed by atoms with Crippen molar-refractivity contribution in [3.63, 3.8) is 0 Å². The molecule has 3 saturated carbocycles. The fraction of sp³-hybridized carbons (Fsp3) is 0.238. The maximum absolute atomic E-state index is 14.0. The minimum Gasteiger partial charge on any atom is -0.489 e. The predicted molar refractivity (Wildman–Crippen MR) is 212 cm³/mol. The number of fused-ring (bicyclic) bond motifs is 2. The zero-order valence-electron chi connectivity index (χ0n) is 30.6. The summed E-state index contributed by atoms with van der Waals surface area (Å²) in [5.41, 5.74) is 3.46. The first-order valence-corrected chi connectivity index (χ1v) is 20.4. The van der Waals surface area contributed by atoms with Crippen molar-refractivity contribution in [2.75, 3.05) is 10.6 Å². The van der Waals surface area contributed by atoms with Crippen molar-refractivity contribution in [2.45, 2.75) is 56.1 Å². The molecule has 3 N–H and O–H groups in total. The van der Waals surface area contributed by atoms with E-state index in [0.717, 1.165) is 41.0 Å². The third kappa shape index (κ3) is 6.47. The Kier molecular flexibility index (Phi) is 8.19. The molecular formula is C42H37N9O5S. The molecule has 3 fully saturated rings. The van der Waals surface area contributed by atoms with Gasteiger partial charge in [0.1, 0.15) is 12.4 Å². The summed E-state index contributed by atoms with van der Waals surface area (Å²) in [6.45, 7) is 0.469. The van der Waals surface area contributed by atoms with Crippen LogP contribution < -0.4 is 20.1 Å². The quantitative estimate of drug-likeness (QED) is 0.122. The van der Waals surface area contributed by atoms with E-state index >= 15 is 0 Å². The number of hydrogen-bond acceptors (Lipinski definition) is 9. The number of aromatic nitrogens is 6. The highest BCUT2D eigenvalue weighted by Crippen LogP contribution is 2.71. The topological polar surface area (TPSA) is 174 Å². The molecule has 4 heterocycles. The molecule has 0 aliphatic heterocycles. The highest BCUT2D eigenvalue weighted by atomic mass is 32.2. The molecule has 3 aliphatic carbocycles. The molecule has 3 aromatic carbocycles. The van der Waals surface area contributed by atoms with Crippen LogP contribution in [0.3, 0.4) is 0 Å². The van der Waals surface area contributed by atoms with Crippen LogP contribution in [-0.2, 0) is 26.2 Å². The van der Waals surface area contributed by atoms with Crippen LogP contribution in [-0.4, -0.2) is 55.5 Å². The third-order valence-corrected chi connectivity index (χ3v) is 12.7. The van der Waals surface area contributed by atoms with E-state index in [1.807, 2.05) is 84.9 Å². The summed E-state index contributed by atoms with van der Waals surface area (Å²) in [7, 11) is -3.59. The molecule has 14 nitrogen and oxygen atoms in total. The summed E-state index contributed by atoms with van der Waals surface area (Å²) in [4.78, 5) is 37.3. The molecule has 0 atom stereocenters. The molecular weight excluding hydrogens is 743 g/mol. The second-order valence-electron chi connectivity index (χ2n) is 15.0. The van der Waals surface area contributed by atoms with Crippen LogP contribution in [0.4, 0.5) is 11.9 Å². The normalized spacial score (nSPS) is 16.6. The molecule has 10 rings (SSSR count). The van der Waals surface area contributed by atoms with Gasteiger partial charge in [-0.3, -0.25) is 20.2 Å². The summed E-state index contributed by atoms with van der Waals surface area (Å²) < 4.78 is 37.3. The van der Waals surface area contributed by atoms with Crippen molar-refractivity contribution in [3.8, 4) is 28.3 Å². The van der Waals surface area contributed by atoms with Crippen LogP contribution in [0.15, 0.2) is 120 Å². The number of amides is 2. The highest BCUT2D eigenvalue weighted by molar-refractivity contribution is 7.89. The van der Waals surface area contributed by atoms with E-state index in [9.17, 15) is 18.0 Å². The van der Waals surface area contributed by atoms with Crippen molar-refractivity contribution in [3.05, 3.63) is 121 Å². The van der Waals surface area contributed by atoms with Crippen molar-refractivity contribution < 1.29 is 22.7 Å². The second kappa shape index (κ2) is 13.3. The monoisotopic (exact) mass is 779 g/mol. The van der Waals surface area contributed by atoms with Gasteiger partial charge in [-0.25, -0.2) is 22.2 Å². The van der Waals surface area contributed by atoms with E-state index in [4.69, 9.17) is 4.74 Å². The standard InChI is InChI=1S/C42H37N9O5S/c52-37(45-39-43-35-10-4-8-33(50(35)47-39)28-12-18-31(19-13-28)56-26-27-6-2-1-3-7-27)41(22-23-41)42(24-25-42)38(53)46-40-44-36-11-5-9-34(51(36)48-40)29-14-20-32(21-15-29)57(54,55)49-30-16-17-30/h1-15,18-21,30,49H,16-17,22-26H2,(H,45,47,52)(H,46,48,53). The largest absolute Gasteiger partial charge is 0.489 e. The molecule has 0 radical (unpaired) electrons. The van der Waals surface area contributed by atoms with Crippen molar-refractivity contribution in [1.82, 2.24) is 33.9 Å².